The Kier molecular flexibility index (Phi) is 9.08. The lowest BCUT2D eigenvalue weighted by atomic mass is 9.81. The van der Waals surface area contributed by atoms with Crippen LogP contribution in [0.25, 0.3) is 0 Å². The number of carboxylic acid groups (broad SMARTS) is 1. The van der Waals surface area contributed by atoms with Crippen LogP contribution in [0.4, 0.5) is 0 Å². The highest BCUT2D eigenvalue weighted by molar-refractivity contribution is 6.40. The molecule has 1 aliphatic rings. The van der Waals surface area contributed by atoms with E-state index in [1.165, 1.54) is 0 Å². The van der Waals surface area contributed by atoms with Crippen molar-refractivity contribution in [3.05, 3.63) is 0 Å². The van der Waals surface area contributed by atoms with E-state index >= 15 is 0 Å². The molecule has 134 valence electrons. The maximum Gasteiger partial charge on any atom is 0.451 e. The Morgan fingerprint density at radius 2 is 1.87 bits per heavy atom. The fourth-order valence-corrected chi connectivity index (χ4v) is 3.15. The Hall–Kier alpha value is -0.665. The fourth-order valence-electron chi connectivity index (χ4n) is 3.15. The molecular weight excluding hydrogens is 299 g/mol. The molecule has 0 aromatic rings. The van der Waals surface area contributed by atoms with E-state index in [0.717, 1.165) is 32.4 Å². The van der Waals surface area contributed by atoms with Crippen LogP contribution < -0.4 is 5.73 Å². The summed E-state index contributed by atoms with van der Waals surface area (Å²) in [4.78, 5) is 13.7. The van der Waals surface area contributed by atoms with Gasteiger partial charge in [0.2, 0.25) is 0 Å². The number of unbranched alkanes of at least 4 members (excludes halogenated alkanes) is 1. The number of likely N-dealkylation sites (tertiary alicyclic amines) is 1. The van der Waals surface area contributed by atoms with Gasteiger partial charge in [-0.25, -0.2) is 0 Å². The second kappa shape index (κ2) is 10.3. The highest BCUT2D eigenvalue weighted by atomic mass is 16.4. The molecule has 0 radical (unpaired) electrons. The van der Waals surface area contributed by atoms with Crippen molar-refractivity contribution in [2.24, 2.45) is 11.7 Å². The molecule has 0 aromatic carbocycles. The molecule has 1 heterocycles. The second-order valence-corrected chi connectivity index (χ2v) is 6.73. The lowest BCUT2D eigenvalue weighted by molar-refractivity contribution is -0.144. The van der Waals surface area contributed by atoms with Crippen molar-refractivity contribution in [1.82, 2.24) is 4.90 Å². The van der Waals surface area contributed by atoms with Gasteiger partial charge in [-0.05, 0) is 57.4 Å². The molecule has 1 atom stereocenters. The van der Waals surface area contributed by atoms with Gasteiger partial charge in [0, 0.05) is 13.2 Å². The molecule has 0 aliphatic carbocycles. The molecule has 8 heteroatoms. The molecular formula is C15H31BN2O5. The summed E-state index contributed by atoms with van der Waals surface area (Å²) in [5.41, 5.74) is 4.82. The number of nitrogens with zero attached hydrogens (tertiary/aromatic N) is 1. The average Bonchev–Trinajstić information content (AvgIpc) is 2.51. The molecule has 0 aromatic heterocycles. The van der Waals surface area contributed by atoms with E-state index in [-0.39, 0.29) is 12.9 Å². The minimum Gasteiger partial charge on any atom is -0.480 e. The number of aliphatic carboxylic acids is 1. The van der Waals surface area contributed by atoms with E-state index in [9.17, 15) is 9.90 Å². The number of aliphatic hydroxyl groups is 1. The number of carbonyl (C=O) groups is 1. The Labute approximate surface area is 138 Å². The first-order valence-corrected chi connectivity index (χ1v) is 8.59. The molecule has 0 saturated carbocycles. The van der Waals surface area contributed by atoms with Crippen LogP contribution in [0, 0.1) is 5.92 Å². The number of nitrogens with two attached hydrogens (primary N) is 1. The topological polar surface area (TPSA) is 127 Å². The summed E-state index contributed by atoms with van der Waals surface area (Å²) in [5, 5.41) is 36.0. The average molecular weight is 330 g/mol. The molecule has 0 spiro atoms. The normalized spacial score (nSPS) is 19.5. The second-order valence-electron chi connectivity index (χ2n) is 6.73. The highest BCUT2D eigenvalue weighted by Gasteiger charge is 2.34. The summed E-state index contributed by atoms with van der Waals surface area (Å²) in [7, 11) is -1.34. The van der Waals surface area contributed by atoms with Crippen LogP contribution in [-0.4, -0.2) is 70.0 Å². The molecule has 23 heavy (non-hydrogen) atoms. The van der Waals surface area contributed by atoms with Gasteiger partial charge in [-0.15, -0.1) is 0 Å². The third-order valence-electron chi connectivity index (χ3n) is 4.88. The van der Waals surface area contributed by atoms with Crippen LogP contribution in [0.3, 0.4) is 0 Å². The number of piperidine rings is 1. The van der Waals surface area contributed by atoms with E-state index in [1.807, 2.05) is 0 Å². The van der Waals surface area contributed by atoms with Crippen molar-refractivity contribution in [1.29, 1.82) is 0 Å². The monoisotopic (exact) mass is 330 g/mol. The number of hydrogen-bond acceptors (Lipinski definition) is 6. The summed E-state index contributed by atoms with van der Waals surface area (Å²) in [6.07, 6.45) is 5.04. The van der Waals surface area contributed by atoms with Crippen molar-refractivity contribution in [3.8, 4) is 0 Å². The van der Waals surface area contributed by atoms with Crippen LogP contribution in [0.15, 0.2) is 0 Å². The minimum absolute atomic E-state index is 0.234. The first-order valence-electron chi connectivity index (χ1n) is 8.59. The van der Waals surface area contributed by atoms with Crippen molar-refractivity contribution < 1.29 is 25.1 Å². The zero-order chi connectivity index (χ0) is 17.3. The highest BCUT2D eigenvalue weighted by Crippen LogP contribution is 2.23. The maximum absolute atomic E-state index is 11.5. The van der Waals surface area contributed by atoms with Gasteiger partial charge in [-0.2, -0.15) is 0 Å². The van der Waals surface area contributed by atoms with Crippen molar-refractivity contribution in [2.75, 3.05) is 26.2 Å². The number of carboxylic acids is 1. The summed E-state index contributed by atoms with van der Waals surface area (Å²) in [6, 6.07) is 0. The molecule has 1 rings (SSSR count). The lowest BCUT2D eigenvalue weighted by Gasteiger charge is -2.34. The summed E-state index contributed by atoms with van der Waals surface area (Å²) < 4.78 is 0. The number of aliphatic hydroxyl groups excluding tert-OH is 1. The number of rotatable bonds is 11. The van der Waals surface area contributed by atoms with E-state index < -0.39 is 18.6 Å². The van der Waals surface area contributed by atoms with E-state index in [2.05, 4.69) is 4.90 Å². The molecule has 0 amide bonds. The summed E-state index contributed by atoms with van der Waals surface area (Å²) in [6.45, 7) is 2.75. The van der Waals surface area contributed by atoms with Crippen LogP contribution in [0.2, 0.25) is 6.32 Å². The van der Waals surface area contributed by atoms with Gasteiger partial charge in [-0.3, -0.25) is 4.79 Å². The smallest absolute Gasteiger partial charge is 0.451 e. The Balaban J connectivity index is 2.33. The third kappa shape index (κ3) is 7.63. The van der Waals surface area contributed by atoms with Crippen LogP contribution >= 0.6 is 0 Å². The molecule has 7 nitrogen and oxygen atoms in total. The van der Waals surface area contributed by atoms with E-state index in [0.29, 0.717) is 38.1 Å². The quantitative estimate of drug-likeness (QED) is 0.264. The van der Waals surface area contributed by atoms with E-state index in [4.69, 9.17) is 20.9 Å². The maximum atomic E-state index is 11.5. The first-order chi connectivity index (χ1) is 10.9. The molecule has 1 fully saturated rings. The molecule has 0 bridgehead atoms. The van der Waals surface area contributed by atoms with Gasteiger partial charge in [0.05, 0.1) is 0 Å². The molecule has 0 unspecified atom stereocenters. The summed E-state index contributed by atoms with van der Waals surface area (Å²) in [5.74, 6) is -0.416. The van der Waals surface area contributed by atoms with Gasteiger partial charge in [0.15, 0.2) is 0 Å². The third-order valence-corrected chi connectivity index (χ3v) is 4.88. The standard InChI is InChI=1S/C15H31BN2O5/c17-15(14(20)21,6-1-2-8-16(22)23)7-11-18-9-3-13(4-10-18)5-12-19/h13,19,22-23H,1-12,17H2,(H,20,21)/t15-/m1/s1. The van der Waals surface area contributed by atoms with Crippen LogP contribution in [0.5, 0.6) is 0 Å². The molecule has 1 aliphatic heterocycles. The van der Waals surface area contributed by atoms with Crippen molar-refractivity contribution in [2.45, 2.75) is 56.8 Å². The van der Waals surface area contributed by atoms with Crippen molar-refractivity contribution >= 4 is 13.1 Å². The van der Waals surface area contributed by atoms with Crippen LogP contribution in [-0.2, 0) is 4.79 Å². The first kappa shape index (κ1) is 20.4. The lowest BCUT2D eigenvalue weighted by Crippen LogP contribution is -2.50. The van der Waals surface area contributed by atoms with Gasteiger partial charge in [-0.1, -0.05) is 12.8 Å². The Bertz CT molecular complexity index is 351. The zero-order valence-electron chi connectivity index (χ0n) is 13.9. The SMILES string of the molecule is N[C@](CCCCB(O)O)(CCN1CCC(CCO)CC1)C(=O)O. The Morgan fingerprint density at radius 1 is 1.22 bits per heavy atom. The van der Waals surface area contributed by atoms with Crippen LogP contribution in [0.1, 0.15) is 44.9 Å². The largest absolute Gasteiger partial charge is 0.480 e. The minimum atomic E-state index is -1.34. The number of hydrogen-bond donors (Lipinski definition) is 5. The predicted molar refractivity (Wildman–Crippen MR) is 88.9 cm³/mol. The predicted octanol–water partition coefficient (Wildman–Crippen LogP) is -0.104. The van der Waals surface area contributed by atoms with Gasteiger partial charge in [0.25, 0.3) is 0 Å². The van der Waals surface area contributed by atoms with E-state index in [1.54, 1.807) is 0 Å². The van der Waals surface area contributed by atoms with Gasteiger partial charge < -0.3 is 30.9 Å². The summed E-state index contributed by atoms with van der Waals surface area (Å²) >= 11 is 0. The molecule has 1 saturated heterocycles. The Morgan fingerprint density at radius 3 is 2.39 bits per heavy atom. The molecule has 6 N–H and O–H groups in total. The zero-order valence-corrected chi connectivity index (χ0v) is 13.9. The van der Waals surface area contributed by atoms with Gasteiger partial charge in [0.1, 0.15) is 5.54 Å². The van der Waals surface area contributed by atoms with Gasteiger partial charge >= 0.3 is 13.1 Å². The van der Waals surface area contributed by atoms with Crippen molar-refractivity contribution in [3.63, 3.8) is 0 Å². The fraction of sp³-hybridized carbons (Fsp3) is 0.933.